The number of carbonyl (C=O) groups is 1. The zero-order chi connectivity index (χ0) is 21.3. The molecule has 0 aliphatic carbocycles. The third kappa shape index (κ3) is 3.80. The van der Waals surface area contributed by atoms with E-state index in [2.05, 4.69) is 41.3 Å². The maximum atomic E-state index is 13.4. The van der Waals surface area contributed by atoms with Crippen LogP contribution in [-0.2, 0) is 4.79 Å². The molecule has 4 aromatic rings. The van der Waals surface area contributed by atoms with Crippen molar-refractivity contribution >= 4 is 43.9 Å². The standard InChI is InChI=1S/C22H22N4O2S2/c1-4-17(19(27)25-22-23-9-10-29-22)26-12-24-20-18(21(26)28)16(11-30-20)15-7-5-14(6-8-15)13(2)3/h5-13,17H,4H2,1-3H3,(H,23,25,27). The molecule has 1 unspecified atom stereocenters. The molecule has 0 aliphatic rings. The van der Waals surface area contributed by atoms with E-state index >= 15 is 0 Å². The van der Waals surface area contributed by atoms with Crippen LogP contribution in [0.25, 0.3) is 21.3 Å². The summed E-state index contributed by atoms with van der Waals surface area (Å²) >= 11 is 2.78. The van der Waals surface area contributed by atoms with Gasteiger partial charge in [0.05, 0.1) is 11.7 Å². The number of thiophene rings is 1. The summed E-state index contributed by atoms with van der Waals surface area (Å²) < 4.78 is 1.43. The quantitative estimate of drug-likeness (QED) is 0.443. The lowest BCUT2D eigenvalue weighted by Gasteiger charge is -2.17. The van der Waals surface area contributed by atoms with E-state index in [0.717, 1.165) is 11.1 Å². The van der Waals surface area contributed by atoms with Gasteiger partial charge in [-0.25, -0.2) is 9.97 Å². The van der Waals surface area contributed by atoms with Crippen LogP contribution in [0.2, 0.25) is 0 Å². The molecule has 154 valence electrons. The van der Waals surface area contributed by atoms with Crippen molar-refractivity contribution < 1.29 is 4.79 Å². The van der Waals surface area contributed by atoms with E-state index in [1.54, 1.807) is 11.6 Å². The number of rotatable bonds is 6. The Balaban J connectivity index is 1.75. The van der Waals surface area contributed by atoms with Gasteiger partial charge >= 0.3 is 0 Å². The van der Waals surface area contributed by atoms with Crippen molar-refractivity contribution in [2.24, 2.45) is 0 Å². The van der Waals surface area contributed by atoms with Crippen molar-refractivity contribution in [1.82, 2.24) is 14.5 Å². The highest BCUT2D eigenvalue weighted by atomic mass is 32.1. The highest BCUT2D eigenvalue weighted by molar-refractivity contribution is 7.17. The minimum atomic E-state index is -0.658. The number of carbonyl (C=O) groups excluding carboxylic acids is 1. The Kier molecular flexibility index (Phi) is 5.78. The second-order valence-electron chi connectivity index (χ2n) is 7.31. The predicted octanol–water partition coefficient (Wildman–Crippen LogP) is 5.29. The number of fused-ring (bicyclic) bond motifs is 1. The minimum absolute atomic E-state index is 0.203. The largest absolute Gasteiger partial charge is 0.300 e. The van der Waals surface area contributed by atoms with Crippen molar-refractivity contribution in [2.75, 3.05) is 5.32 Å². The molecule has 3 aromatic heterocycles. The fraction of sp³-hybridized carbons (Fsp3) is 0.273. The minimum Gasteiger partial charge on any atom is -0.300 e. The molecule has 6 nitrogen and oxygen atoms in total. The number of hydrogen-bond acceptors (Lipinski definition) is 6. The van der Waals surface area contributed by atoms with Gasteiger partial charge in [0.15, 0.2) is 5.13 Å². The van der Waals surface area contributed by atoms with Gasteiger partial charge in [0.1, 0.15) is 10.9 Å². The predicted molar refractivity (Wildman–Crippen MR) is 123 cm³/mol. The van der Waals surface area contributed by atoms with E-state index in [-0.39, 0.29) is 11.5 Å². The van der Waals surface area contributed by atoms with Crippen molar-refractivity contribution in [3.63, 3.8) is 0 Å². The lowest BCUT2D eigenvalue weighted by atomic mass is 9.99. The molecule has 0 fully saturated rings. The molecule has 1 aromatic carbocycles. The van der Waals surface area contributed by atoms with Crippen LogP contribution < -0.4 is 10.9 Å². The van der Waals surface area contributed by atoms with Gasteiger partial charge in [0, 0.05) is 22.5 Å². The topological polar surface area (TPSA) is 76.9 Å². The molecule has 1 N–H and O–H groups in total. The average Bonchev–Trinajstić information content (AvgIpc) is 3.40. The average molecular weight is 439 g/mol. The Labute approximate surface area is 182 Å². The summed E-state index contributed by atoms with van der Waals surface area (Å²) in [5, 5.41) is 7.61. The Hall–Kier alpha value is -2.84. The van der Waals surface area contributed by atoms with Gasteiger partial charge in [0.2, 0.25) is 5.91 Å². The van der Waals surface area contributed by atoms with Crippen molar-refractivity contribution in [2.45, 2.75) is 39.2 Å². The van der Waals surface area contributed by atoms with E-state index in [1.807, 2.05) is 24.4 Å². The molecule has 0 radical (unpaired) electrons. The SMILES string of the molecule is CCC(C(=O)Nc1nccs1)n1cnc2scc(-c3ccc(C(C)C)cc3)c2c1=O. The second kappa shape index (κ2) is 8.49. The lowest BCUT2D eigenvalue weighted by molar-refractivity contribution is -0.119. The maximum absolute atomic E-state index is 13.4. The van der Waals surface area contributed by atoms with Crippen LogP contribution in [-0.4, -0.2) is 20.4 Å². The summed E-state index contributed by atoms with van der Waals surface area (Å²) in [5.41, 5.74) is 2.87. The summed E-state index contributed by atoms with van der Waals surface area (Å²) in [5.74, 6) is 0.174. The van der Waals surface area contributed by atoms with Gasteiger partial charge in [-0.1, -0.05) is 45.0 Å². The van der Waals surface area contributed by atoms with Crippen molar-refractivity contribution in [3.8, 4) is 11.1 Å². The Morgan fingerprint density at radius 2 is 1.93 bits per heavy atom. The van der Waals surface area contributed by atoms with Gasteiger partial charge in [-0.15, -0.1) is 22.7 Å². The van der Waals surface area contributed by atoms with E-state index in [1.165, 1.54) is 39.1 Å². The van der Waals surface area contributed by atoms with Gasteiger partial charge in [0.25, 0.3) is 5.56 Å². The number of hydrogen-bond donors (Lipinski definition) is 1. The van der Waals surface area contributed by atoms with Crippen LogP contribution in [0.3, 0.4) is 0 Å². The normalized spacial score (nSPS) is 12.4. The van der Waals surface area contributed by atoms with Gasteiger partial charge < -0.3 is 5.32 Å². The molecule has 8 heteroatoms. The van der Waals surface area contributed by atoms with Crippen LogP contribution in [0.15, 0.2) is 52.3 Å². The van der Waals surface area contributed by atoms with Crippen LogP contribution in [0.4, 0.5) is 5.13 Å². The van der Waals surface area contributed by atoms with E-state index in [9.17, 15) is 9.59 Å². The molecule has 30 heavy (non-hydrogen) atoms. The second-order valence-corrected chi connectivity index (χ2v) is 9.07. The van der Waals surface area contributed by atoms with Crippen LogP contribution in [0.5, 0.6) is 0 Å². The molecule has 0 saturated heterocycles. The highest BCUT2D eigenvalue weighted by Crippen LogP contribution is 2.32. The van der Waals surface area contributed by atoms with Crippen molar-refractivity contribution in [3.05, 3.63) is 63.5 Å². The molecule has 0 spiro atoms. The lowest BCUT2D eigenvalue weighted by Crippen LogP contribution is -2.33. The molecule has 0 aliphatic heterocycles. The molecular formula is C22H22N4O2S2. The molecule has 3 heterocycles. The molecular weight excluding hydrogens is 416 g/mol. The highest BCUT2D eigenvalue weighted by Gasteiger charge is 2.23. The van der Waals surface area contributed by atoms with Crippen molar-refractivity contribution in [1.29, 1.82) is 0 Å². The summed E-state index contributed by atoms with van der Waals surface area (Å²) in [6, 6.07) is 7.61. The summed E-state index contributed by atoms with van der Waals surface area (Å²) in [6.07, 6.45) is 3.57. The number of thiazole rings is 1. The number of nitrogens with zero attached hydrogens (tertiary/aromatic N) is 3. The van der Waals surface area contributed by atoms with Gasteiger partial charge in [-0.3, -0.25) is 14.2 Å². The monoisotopic (exact) mass is 438 g/mol. The molecule has 1 atom stereocenters. The third-order valence-electron chi connectivity index (χ3n) is 5.10. The summed E-state index contributed by atoms with van der Waals surface area (Å²) in [4.78, 5) is 35.4. The fourth-order valence-corrected chi connectivity index (χ4v) is 4.85. The number of amides is 1. The number of benzene rings is 1. The maximum Gasteiger partial charge on any atom is 0.263 e. The summed E-state index contributed by atoms with van der Waals surface area (Å²) in [7, 11) is 0. The first kappa shape index (κ1) is 20.4. The number of nitrogens with one attached hydrogen (secondary N) is 1. The van der Waals surface area contributed by atoms with Gasteiger partial charge in [-0.2, -0.15) is 0 Å². The van der Waals surface area contributed by atoms with E-state index in [4.69, 9.17) is 0 Å². The first-order valence-corrected chi connectivity index (χ1v) is 11.5. The smallest absolute Gasteiger partial charge is 0.263 e. The first-order valence-electron chi connectivity index (χ1n) is 9.78. The fourth-order valence-electron chi connectivity index (χ4n) is 3.41. The molecule has 0 saturated carbocycles. The van der Waals surface area contributed by atoms with E-state index in [0.29, 0.717) is 27.7 Å². The number of aromatic nitrogens is 3. The third-order valence-corrected chi connectivity index (χ3v) is 6.67. The Morgan fingerprint density at radius 3 is 2.57 bits per heavy atom. The van der Waals surface area contributed by atoms with Crippen LogP contribution in [0.1, 0.15) is 44.7 Å². The molecule has 4 rings (SSSR count). The molecule has 0 bridgehead atoms. The Morgan fingerprint density at radius 1 is 1.17 bits per heavy atom. The molecule has 1 amide bonds. The van der Waals surface area contributed by atoms with Crippen LogP contribution >= 0.6 is 22.7 Å². The number of anilines is 1. The van der Waals surface area contributed by atoms with E-state index < -0.39 is 6.04 Å². The van der Waals surface area contributed by atoms with Gasteiger partial charge in [-0.05, 0) is 23.5 Å². The first-order chi connectivity index (χ1) is 14.5. The zero-order valence-corrected chi connectivity index (χ0v) is 18.6. The van der Waals surface area contributed by atoms with Crippen LogP contribution in [0, 0.1) is 0 Å². The summed E-state index contributed by atoms with van der Waals surface area (Å²) in [6.45, 7) is 6.18. The Bertz CT molecular complexity index is 1220. The zero-order valence-electron chi connectivity index (χ0n) is 17.0.